The molecule has 0 aliphatic rings. The SMILES string of the molecule is COc1ccc(C(O)=Cc2nc3cc(C)ccc3oc2=O)cc1. The Kier molecular flexibility index (Phi) is 3.85. The van der Waals surface area contributed by atoms with E-state index < -0.39 is 5.63 Å². The predicted molar refractivity (Wildman–Crippen MR) is 88.5 cm³/mol. The van der Waals surface area contributed by atoms with Crippen LogP contribution >= 0.6 is 0 Å². The first-order valence-corrected chi connectivity index (χ1v) is 7.03. The molecule has 3 aromatic rings. The second-order valence-corrected chi connectivity index (χ2v) is 5.12. The summed E-state index contributed by atoms with van der Waals surface area (Å²) in [4.78, 5) is 16.2. The van der Waals surface area contributed by atoms with Crippen LogP contribution in [0.4, 0.5) is 0 Å². The first-order valence-electron chi connectivity index (χ1n) is 7.03. The molecule has 1 heterocycles. The molecule has 0 atom stereocenters. The summed E-state index contributed by atoms with van der Waals surface area (Å²) in [6, 6.07) is 12.2. The highest BCUT2D eigenvalue weighted by atomic mass is 16.5. The average Bonchev–Trinajstić information content (AvgIpc) is 2.56. The Bertz CT molecular complexity index is 939. The molecule has 0 unspecified atom stereocenters. The van der Waals surface area contributed by atoms with Gasteiger partial charge in [-0.05, 0) is 48.9 Å². The minimum Gasteiger partial charge on any atom is -0.507 e. The van der Waals surface area contributed by atoms with E-state index in [1.54, 1.807) is 37.4 Å². The van der Waals surface area contributed by atoms with Crippen LogP contribution in [-0.2, 0) is 0 Å². The van der Waals surface area contributed by atoms with Crippen molar-refractivity contribution in [2.75, 3.05) is 7.11 Å². The van der Waals surface area contributed by atoms with E-state index in [9.17, 15) is 9.90 Å². The molecule has 0 aliphatic heterocycles. The Morgan fingerprint density at radius 3 is 2.65 bits per heavy atom. The van der Waals surface area contributed by atoms with E-state index in [0.29, 0.717) is 22.4 Å². The highest BCUT2D eigenvalue weighted by Gasteiger charge is 2.08. The van der Waals surface area contributed by atoms with Crippen LogP contribution < -0.4 is 10.4 Å². The van der Waals surface area contributed by atoms with Crippen molar-refractivity contribution in [2.45, 2.75) is 6.92 Å². The number of aryl methyl sites for hydroxylation is 1. The highest BCUT2D eigenvalue weighted by Crippen LogP contribution is 2.19. The van der Waals surface area contributed by atoms with Gasteiger partial charge in [-0.3, -0.25) is 0 Å². The standard InChI is InChI=1S/C18H15NO4/c1-11-3-8-17-14(9-11)19-15(18(21)23-17)10-16(20)12-4-6-13(22-2)7-5-12/h3-10,20H,1-2H3. The maximum Gasteiger partial charge on any atom is 0.362 e. The quantitative estimate of drug-likeness (QED) is 0.749. The van der Waals surface area contributed by atoms with Crippen LogP contribution in [0.2, 0.25) is 0 Å². The highest BCUT2D eigenvalue weighted by molar-refractivity contribution is 5.78. The van der Waals surface area contributed by atoms with Gasteiger partial charge in [-0.1, -0.05) is 6.07 Å². The summed E-state index contributed by atoms with van der Waals surface area (Å²) >= 11 is 0. The number of nitrogens with zero attached hydrogens (tertiary/aromatic N) is 1. The van der Waals surface area contributed by atoms with E-state index in [0.717, 1.165) is 5.56 Å². The minimum absolute atomic E-state index is 0.0522. The van der Waals surface area contributed by atoms with Crippen molar-refractivity contribution >= 4 is 22.9 Å². The molecular weight excluding hydrogens is 294 g/mol. The van der Waals surface area contributed by atoms with Crippen LogP contribution in [-0.4, -0.2) is 17.2 Å². The monoisotopic (exact) mass is 309 g/mol. The second kappa shape index (κ2) is 5.96. The minimum atomic E-state index is -0.596. The summed E-state index contributed by atoms with van der Waals surface area (Å²) in [6.07, 6.45) is 1.30. The van der Waals surface area contributed by atoms with Crippen LogP contribution in [0.5, 0.6) is 5.75 Å². The Hall–Kier alpha value is -3.08. The molecular formula is C18H15NO4. The summed E-state index contributed by atoms with van der Waals surface area (Å²) in [5.41, 5.74) is 2.00. The molecule has 23 heavy (non-hydrogen) atoms. The van der Waals surface area contributed by atoms with Gasteiger partial charge in [-0.15, -0.1) is 0 Å². The van der Waals surface area contributed by atoms with Gasteiger partial charge in [-0.2, -0.15) is 0 Å². The molecule has 0 saturated carbocycles. The van der Waals surface area contributed by atoms with Gasteiger partial charge >= 0.3 is 5.63 Å². The number of rotatable bonds is 3. The number of aromatic nitrogens is 1. The Balaban J connectivity index is 2.04. The number of methoxy groups -OCH3 is 1. The maximum absolute atomic E-state index is 12.0. The molecule has 1 aromatic heterocycles. The van der Waals surface area contributed by atoms with E-state index in [1.165, 1.54) is 6.08 Å². The number of aliphatic hydroxyl groups is 1. The second-order valence-electron chi connectivity index (χ2n) is 5.12. The lowest BCUT2D eigenvalue weighted by Crippen LogP contribution is -2.06. The van der Waals surface area contributed by atoms with Crippen molar-refractivity contribution in [1.29, 1.82) is 0 Å². The zero-order chi connectivity index (χ0) is 16.4. The smallest absolute Gasteiger partial charge is 0.362 e. The molecule has 0 saturated heterocycles. The van der Waals surface area contributed by atoms with Gasteiger partial charge in [0.2, 0.25) is 0 Å². The number of benzene rings is 2. The summed E-state index contributed by atoms with van der Waals surface area (Å²) in [7, 11) is 1.57. The van der Waals surface area contributed by atoms with Gasteiger partial charge in [0.1, 0.15) is 17.0 Å². The third kappa shape index (κ3) is 3.08. The van der Waals surface area contributed by atoms with Crippen LogP contribution in [0, 0.1) is 6.92 Å². The Labute approximate surface area is 132 Å². The number of fused-ring (bicyclic) bond motifs is 1. The van der Waals surface area contributed by atoms with Gasteiger partial charge in [0.25, 0.3) is 0 Å². The Morgan fingerprint density at radius 2 is 1.96 bits per heavy atom. The number of aliphatic hydroxyl groups excluding tert-OH is 1. The normalized spacial score (nSPS) is 11.7. The molecule has 0 amide bonds. The van der Waals surface area contributed by atoms with Crippen LogP contribution in [0.25, 0.3) is 22.9 Å². The summed E-state index contributed by atoms with van der Waals surface area (Å²) < 4.78 is 10.3. The molecule has 0 bridgehead atoms. The van der Waals surface area contributed by atoms with Gasteiger partial charge in [-0.25, -0.2) is 9.78 Å². The van der Waals surface area contributed by atoms with Crippen molar-refractivity contribution < 1.29 is 14.3 Å². The van der Waals surface area contributed by atoms with E-state index in [4.69, 9.17) is 9.15 Å². The average molecular weight is 309 g/mol. The largest absolute Gasteiger partial charge is 0.507 e. The van der Waals surface area contributed by atoms with Crippen molar-refractivity contribution in [1.82, 2.24) is 4.98 Å². The zero-order valence-electron chi connectivity index (χ0n) is 12.7. The lowest BCUT2D eigenvalue weighted by molar-refractivity contribution is 0.414. The molecule has 0 fully saturated rings. The van der Waals surface area contributed by atoms with Gasteiger partial charge in [0, 0.05) is 11.6 Å². The summed E-state index contributed by atoms with van der Waals surface area (Å²) in [5, 5.41) is 10.2. The molecule has 0 aliphatic carbocycles. The topological polar surface area (TPSA) is 72.6 Å². The van der Waals surface area contributed by atoms with Crippen molar-refractivity contribution in [2.24, 2.45) is 0 Å². The molecule has 0 radical (unpaired) electrons. The van der Waals surface area contributed by atoms with Gasteiger partial charge < -0.3 is 14.3 Å². The van der Waals surface area contributed by atoms with E-state index in [2.05, 4.69) is 4.98 Å². The lowest BCUT2D eigenvalue weighted by Gasteiger charge is -2.03. The van der Waals surface area contributed by atoms with Crippen molar-refractivity contribution in [3.8, 4) is 5.75 Å². The van der Waals surface area contributed by atoms with Gasteiger partial charge in [0.05, 0.1) is 7.11 Å². The fourth-order valence-corrected chi connectivity index (χ4v) is 2.19. The first kappa shape index (κ1) is 14.8. The van der Waals surface area contributed by atoms with Crippen LogP contribution in [0.3, 0.4) is 0 Å². The van der Waals surface area contributed by atoms with Crippen LogP contribution in [0.15, 0.2) is 51.7 Å². The fourth-order valence-electron chi connectivity index (χ4n) is 2.19. The van der Waals surface area contributed by atoms with E-state index >= 15 is 0 Å². The molecule has 5 heteroatoms. The number of hydrogen-bond donors (Lipinski definition) is 1. The number of hydrogen-bond acceptors (Lipinski definition) is 5. The maximum atomic E-state index is 12.0. The van der Waals surface area contributed by atoms with Crippen molar-refractivity contribution in [3.05, 3.63) is 69.7 Å². The summed E-state index contributed by atoms with van der Waals surface area (Å²) in [6.45, 7) is 1.93. The van der Waals surface area contributed by atoms with Gasteiger partial charge in [0.15, 0.2) is 11.3 Å². The molecule has 2 aromatic carbocycles. The number of ether oxygens (including phenoxy) is 1. The fraction of sp³-hybridized carbons (Fsp3) is 0.111. The van der Waals surface area contributed by atoms with Crippen LogP contribution in [0.1, 0.15) is 16.8 Å². The van der Waals surface area contributed by atoms with Crippen molar-refractivity contribution in [3.63, 3.8) is 0 Å². The molecule has 1 N–H and O–H groups in total. The molecule has 0 spiro atoms. The molecule has 5 nitrogen and oxygen atoms in total. The lowest BCUT2D eigenvalue weighted by atomic mass is 10.1. The predicted octanol–water partition coefficient (Wildman–Crippen LogP) is 3.56. The molecule has 116 valence electrons. The Morgan fingerprint density at radius 1 is 1.22 bits per heavy atom. The zero-order valence-corrected chi connectivity index (χ0v) is 12.7. The third-order valence-electron chi connectivity index (χ3n) is 3.43. The summed E-state index contributed by atoms with van der Waals surface area (Å²) in [5.74, 6) is 0.611. The van der Waals surface area contributed by atoms with E-state index in [1.807, 2.05) is 19.1 Å². The van der Waals surface area contributed by atoms with E-state index in [-0.39, 0.29) is 11.5 Å². The molecule has 3 rings (SSSR count). The third-order valence-corrected chi connectivity index (χ3v) is 3.43. The first-order chi connectivity index (χ1) is 11.1.